The fourth-order valence-electron chi connectivity index (χ4n) is 10.7. The first kappa shape index (κ1) is 41.6. The van der Waals surface area contributed by atoms with Gasteiger partial charge in [0.25, 0.3) is 0 Å². The molecule has 12 rings (SSSR count). The third-order valence-corrected chi connectivity index (χ3v) is 13.8. The molecule has 0 aliphatic heterocycles. The molecule has 0 aromatic heterocycles. The van der Waals surface area contributed by atoms with Gasteiger partial charge in [0.15, 0.2) is 0 Å². The average molecular weight is 877 g/mol. The van der Waals surface area contributed by atoms with Crippen molar-refractivity contribution in [1.29, 1.82) is 0 Å². The van der Waals surface area contributed by atoms with E-state index in [9.17, 15) is 0 Å². The maximum atomic E-state index is 2.40. The van der Waals surface area contributed by atoms with Gasteiger partial charge in [-0.15, -0.1) is 0 Å². The highest BCUT2D eigenvalue weighted by Gasteiger charge is 2.21. The van der Waals surface area contributed by atoms with E-state index in [0.29, 0.717) is 0 Å². The number of fused-ring (bicyclic) bond motifs is 3. The largest absolute Gasteiger partial charge is 0.0870 e. The van der Waals surface area contributed by atoms with Crippen LogP contribution in [0.25, 0.3) is 127 Å². The van der Waals surface area contributed by atoms with Crippen LogP contribution in [0.4, 0.5) is 0 Å². The molecule has 0 radical (unpaired) electrons. The van der Waals surface area contributed by atoms with Crippen molar-refractivity contribution in [2.75, 3.05) is 0 Å². The Kier molecular flexibility index (Phi) is 10.9. The summed E-state index contributed by atoms with van der Waals surface area (Å²) in [6.45, 7) is 2.12. The first-order chi connectivity index (χ1) is 34.2. The third kappa shape index (κ3) is 7.63. The molecule has 12 aromatic carbocycles. The van der Waals surface area contributed by atoms with Gasteiger partial charge in [0.2, 0.25) is 0 Å². The summed E-state index contributed by atoms with van der Waals surface area (Å²) in [4.78, 5) is 0. The Morgan fingerprint density at radius 1 is 0.217 bits per heavy atom. The van der Waals surface area contributed by atoms with E-state index in [1.807, 2.05) is 0 Å². The lowest BCUT2D eigenvalue weighted by Gasteiger charge is -2.21. The van der Waals surface area contributed by atoms with Crippen LogP contribution in [0.3, 0.4) is 0 Å². The minimum absolute atomic E-state index is 1.19. The normalized spacial score (nSPS) is 11.5. The van der Waals surface area contributed by atoms with Crippen molar-refractivity contribution in [2.24, 2.45) is 0 Å². The van der Waals surface area contributed by atoms with Gasteiger partial charge in [-0.2, -0.15) is 0 Å². The molecule has 0 bridgehead atoms. The molecule has 69 heavy (non-hydrogen) atoms. The number of rotatable bonds is 9. The number of benzene rings is 12. The Hall–Kier alpha value is -8.84. The van der Waals surface area contributed by atoms with Gasteiger partial charge in [0.1, 0.15) is 0 Å². The minimum Gasteiger partial charge on any atom is -0.0870 e. The van der Waals surface area contributed by atoms with Gasteiger partial charge in [-0.1, -0.05) is 255 Å². The van der Waals surface area contributed by atoms with Gasteiger partial charge in [-0.25, -0.2) is 0 Å². The van der Waals surface area contributed by atoms with Crippen LogP contribution < -0.4 is 0 Å². The second-order valence-corrected chi connectivity index (χ2v) is 17.8. The predicted molar refractivity (Wildman–Crippen MR) is 297 cm³/mol. The molecule has 0 heteroatoms. The molecular formula is C69H48. The summed E-state index contributed by atoms with van der Waals surface area (Å²) in [7, 11) is 0. The summed E-state index contributed by atoms with van der Waals surface area (Å²) >= 11 is 0. The molecule has 0 unspecified atom stereocenters. The Labute approximate surface area is 404 Å². The third-order valence-electron chi connectivity index (χ3n) is 13.8. The Balaban J connectivity index is 1.01. The summed E-state index contributed by atoms with van der Waals surface area (Å²) in [6.07, 6.45) is 4.44. The van der Waals surface area contributed by atoms with Crippen molar-refractivity contribution in [3.63, 3.8) is 0 Å². The van der Waals surface area contributed by atoms with Gasteiger partial charge in [-0.05, 0) is 152 Å². The van der Waals surface area contributed by atoms with Crippen LogP contribution in [0, 0.1) is 0 Å². The summed E-state index contributed by atoms with van der Waals surface area (Å²) in [5.41, 5.74) is 20.7. The van der Waals surface area contributed by atoms with Crippen LogP contribution in [-0.4, -0.2) is 0 Å². The van der Waals surface area contributed by atoms with E-state index in [-0.39, 0.29) is 0 Å². The maximum absolute atomic E-state index is 2.40. The highest BCUT2D eigenvalue weighted by atomic mass is 14.2. The van der Waals surface area contributed by atoms with Gasteiger partial charge < -0.3 is 0 Å². The molecule has 0 spiro atoms. The highest BCUT2D eigenvalue weighted by molar-refractivity contribution is 6.22. The van der Waals surface area contributed by atoms with Crippen molar-refractivity contribution in [1.82, 2.24) is 0 Å². The van der Waals surface area contributed by atoms with Crippen LogP contribution in [0.15, 0.2) is 267 Å². The van der Waals surface area contributed by atoms with E-state index < -0.39 is 0 Å². The SMILES string of the molecule is C/C=C\c1cc(-c2ccc(-c3c4ccccc4c(-c4ccc(-c5ccccc5)cc4-c4ccccc4)c4ccccc34)cc2)c2ccccc2c1-c1ccc(-c2ccccc2)cc1-c1ccccc1. The molecule has 0 atom stereocenters. The number of hydrogen-bond acceptors (Lipinski definition) is 0. The second-order valence-electron chi connectivity index (χ2n) is 17.8. The fraction of sp³-hybridized carbons (Fsp3) is 0.0145. The molecule has 0 nitrogen and oxygen atoms in total. The van der Waals surface area contributed by atoms with E-state index in [4.69, 9.17) is 0 Å². The van der Waals surface area contributed by atoms with E-state index in [1.54, 1.807) is 0 Å². The first-order valence-electron chi connectivity index (χ1n) is 23.9. The van der Waals surface area contributed by atoms with Crippen molar-refractivity contribution >= 4 is 38.4 Å². The van der Waals surface area contributed by atoms with Crippen molar-refractivity contribution < 1.29 is 0 Å². The van der Waals surface area contributed by atoms with Crippen molar-refractivity contribution in [3.05, 3.63) is 272 Å². The maximum Gasteiger partial charge on any atom is -0.00201 e. The minimum atomic E-state index is 1.19. The van der Waals surface area contributed by atoms with Gasteiger partial charge in [0.05, 0.1) is 0 Å². The number of allylic oxidation sites excluding steroid dienone is 1. The molecule has 0 heterocycles. The van der Waals surface area contributed by atoms with Gasteiger partial charge in [0, 0.05) is 0 Å². The van der Waals surface area contributed by atoms with Gasteiger partial charge in [-0.3, -0.25) is 0 Å². The summed E-state index contributed by atoms with van der Waals surface area (Å²) in [5.74, 6) is 0. The zero-order valence-corrected chi connectivity index (χ0v) is 38.5. The van der Waals surface area contributed by atoms with E-state index in [1.165, 1.54) is 127 Å². The molecule has 0 saturated heterocycles. The molecule has 0 aliphatic rings. The standard InChI is InChI=1S/C69H48/c1-2-21-55-46-64(56-30-15-16-31-57(56)68(55)62-42-40-53(47-22-7-3-8-23-47)44-65(62)49-26-11-5-12-27-49)51-36-38-52(39-37-51)67-58-32-17-19-34-60(58)69(61-35-20-18-33-59(61)67)63-43-41-54(48-24-9-4-10-25-48)45-66(63)50-28-13-6-14-29-50/h2-46H,1H3/b21-2-. The van der Waals surface area contributed by atoms with E-state index in [0.717, 1.165) is 0 Å². The monoisotopic (exact) mass is 876 g/mol. The fourth-order valence-corrected chi connectivity index (χ4v) is 10.7. The zero-order chi connectivity index (χ0) is 46.1. The van der Waals surface area contributed by atoms with Crippen LogP contribution in [-0.2, 0) is 0 Å². The smallest absolute Gasteiger partial charge is 0.00201 e. The topological polar surface area (TPSA) is 0 Å². The summed E-state index contributed by atoms with van der Waals surface area (Å²) in [5, 5.41) is 7.42. The predicted octanol–water partition coefficient (Wildman–Crippen LogP) is 19.5. The number of hydrogen-bond donors (Lipinski definition) is 0. The lowest BCUT2D eigenvalue weighted by atomic mass is 9.82. The Morgan fingerprint density at radius 2 is 0.551 bits per heavy atom. The zero-order valence-electron chi connectivity index (χ0n) is 38.5. The van der Waals surface area contributed by atoms with Crippen LogP contribution in [0.2, 0.25) is 0 Å². The van der Waals surface area contributed by atoms with Crippen molar-refractivity contribution in [3.8, 4) is 89.0 Å². The molecule has 0 amide bonds. The molecular weight excluding hydrogens is 829 g/mol. The van der Waals surface area contributed by atoms with Crippen LogP contribution in [0.1, 0.15) is 12.5 Å². The second kappa shape index (κ2) is 18.1. The van der Waals surface area contributed by atoms with Crippen molar-refractivity contribution in [2.45, 2.75) is 6.92 Å². The Bertz CT molecular complexity index is 3790. The van der Waals surface area contributed by atoms with E-state index in [2.05, 4.69) is 280 Å². The average Bonchev–Trinajstić information content (AvgIpc) is 3.43. The summed E-state index contributed by atoms with van der Waals surface area (Å²) < 4.78 is 0. The highest BCUT2D eigenvalue weighted by Crippen LogP contribution is 2.48. The first-order valence-corrected chi connectivity index (χ1v) is 23.9. The van der Waals surface area contributed by atoms with Crippen LogP contribution in [0.5, 0.6) is 0 Å². The molecule has 0 saturated carbocycles. The molecule has 0 N–H and O–H groups in total. The van der Waals surface area contributed by atoms with Gasteiger partial charge >= 0.3 is 0 Å². The Morgan fingerprint density at radius 3 is 1.00 bits per heavy atom. The molecule has 0 fully saturated rings. The molecule has 0 aliphatic carbocycles. The molecule has 324 valence electrons. The summed E-state index contributed by atoms with van der Waals surface area (Å²) in [6, 6.07) is 95.7. The molecule has 12 aromatic rings. The quantitative estimate of drug-likeness (QED) is 0.127. The van der Waals surface area contributed by atoms with Crippen LogP contribution >= 0.6 is 0 Å². The lowest BCUT2D eigenvalue weighted by Crippen LogP contribution is -1.94. The lowest BCUT2D eigenvalue weighted by molar-refractivity contribution is 1.56. The van der Waals surface area contributed by atoms with E-state index >= 15 is 0 Å².